The molecular weight excluding hydrogens is 446 g/mol. The van der Waals surface area contributed by atoms with Crippen LogP contribution in [0.2, 0.25) is 0 Å². The van der Waals surface area contributed by atoms with Crippen LogP contribution in [-0.4, -0.2) is 37.4 Å². The highest BCUT2D eigenvalue weighted by atomic mass is 32.1. The zero-order chi connectivity index (χ0) is 24.0. The molecule has 0 saturated heterocycles. The van der Waals surface area contributed by atoms with E-state index in [1.54, 1.807) is 30.1 Å². The first kappa shape index (κ1) is 21.8. The van der Waals surface area contributed by atoms with Gasteiger partial charge in [0.15, 0.2) is 4.77 Å². The molecule has 5 rings (SSSR count). The van der Waals surface area contributed by atoms with Gasteiger partial charge in [-0.1, -0.05) is 24.3 Å². The van der Waals surface area contributed by atoms with Gasteiger partial charge in [0.05, 0.1) is 34.2 Å². The van der Waals surface area contributed by atoms with Gasteiger partial charge in [0, 0.05) is 12.6 Å². The molecule has 0 radical (unpaired) electrons. The predicted octanol–water partition coefficient (Wildman–Crippen LogP) is 4.81. The monoisotopic (exact) mass is 469 g/mol. The number of aromatic amines is 2. The van der Waals surface area contributed by atoms with E-state index < -0.39 is 0 Å². The number of aromatic nitrogens is 4. The fourth-order valence-corrected chi connectivity index (χ4v) is 4.44. The quantitative estimate of drug-likeness (QED) is 0.370. The normalized spacial score (nSPS) is 11.3. The fraction of sp³-hybridized carbons (Fsp3) is 0.154. The second-order valence-electron chi connectivity index (χ2n) is 8.41. The van der Waals surface area contributed by atoms with Crippen molar-refractivity contribution in [3.8, 4) is 5.69 Å². The molecule has 3 aromatic carbocycles. The Morgan fingerprint density at radius 1 is 1.03 bits per heavy atom. The van der Waals surface area contributed by atoms with E-state index in [-0.39, 0.29) is 16.2 Å². The molecule has 0 saturated carbocycles. The number of carbonyl (C=O) groups excluding carboxylic acids is 1. The van der Waals surface area contributed by atoms with Gasteiger partial charge in [-0.3, -0.25) is 14.2 Å². The molecule has 5 aromatic rings. The van der Waals surface area contributed by atoms with Crippen molar-refractivity contribution in [3.63, 3.8) is 0 Å². The van der Waals surface area contributed by atoms with Crippen molar-refractivity contribution in [2.24, 2.45) is 0 Å². The predicted molar refractivity (Wildman–Crippen MR) is 136 cm³/mol. The molecule has 2 N–H and O–H groups in total. The number of amides is 1. The van der Waals surface area contributed by atoms with Crippen LogP contribution in [0, 0.1) is 18.6 Å². The van der Waals surface area contributed by atoms with E-state index in [2.05, 4.69) is 15.0 Å². The summed E-state index contributed by atoms with van der Waals surface area (Å²) in [5, 5.41) is 0.464. The summed E-state index contributed by atoms with van der Waals surface area (Å²) in [6.45, 7) is 4.29. The number of rotatable bonds is 4. The van der Waals surface area contributed by atoms with Crippen LogP contribution in [-0.2, 0) is 6.54 Å². The number of H-pyrrole nitrogens is 2. The SMILES string of the molecule is Cc1cccc(-n2c(=S)[nH]c3cc(C(=O)N(C)Cc4nc5ccccc5[nH]4)ccc3c2=O)c1C. The molecule has 0 aliphatic rings. The Kier molecular flexibility index (Phi) is 5.37. The van der Waals surface area contributed by atoms with Crippen LogP contribution >= 0.6 is 12.2 Å². The Morgan fingerprint density at radius 2 is 1.82 bits per heavy atom. The van der Waals surface area contributed by atoms with Crippen LogP contribution in [0.1, 0.15) is 27.3 Å². The van der Waals surface area contributed by atoms with E-state index in [9.17, 15) is 9.59 Å². The third-order valence-electron chi connectivity index (χ3n) is 6.13. The summed E-state index contributed by atoms with van der Waals surface area (Å²) in [5.41, 5.74) is 5.37. The number of benzene rings is 3. The highest BCUT2D eigenvalue weighted by molar-refractivity contribution is 7.71. The summed E-state index contributed by atoms with van der Waals surface area (Å²) in [6.07, 6.45) is 0. The Labute approximate surface area is 200 Å². The van der Waals surface area contributed by atoms with Crippen molar-refractivity contribution < 1.29 is 4.79 Å². The topological polar surface area (TPSA) is 86.8 Å². The molecule has 2 heterocycles. The van der Waals surface area contributed by atoms with Crippen LogP contribution in [0.5, 0.6) is 0 Å². The fourth-order valence-electron chi connectivity index (χ4n) is 4.14. The summed E-state index contributed by atoms with van der Waals surface area (Å²) in [7, 11) is 1.72. The summed E-state index contributed by atoms with van der Waals surface area (Å²) < 4.78 is 1.79. The minimum atomic E-state index is -0.220. The average molecular weight is 470 g/mol. The number of para-hydroxylation sites is 2. The van der Waals surface area contributed by atoms with Gasteiger partial charge < -0.3 is 14.9 Å². The summed E-state index contributed by atoms with van der Waals surface area (Å²) >= 11 is 5.53. The molecule has 7 nitrogen and oxygen atoms in total. The summed E-state index contributed by atoms with van der Waals surface area (Å²) in [4.78, 5) is 38.9. The van der Waals surface area contributed by atoms with Gasteiger partial charge in [0.2, 0.25) is 0 Å². The molecular formula is C26H23N5O2S. The summed E-state index contributed by atoms with van der Waals surface area (Å²) in [6, 6.07) is 18.5. The van der Waals surface area contributed by atoms with Crippen molar-refractivity contribution in [2.45, 2.75) is 20.4 Å². The first-order chi connectivity index (χ1) is 16.3. The molecule has 0 spiro atoms. The van der Waals surface area contributed by atoms with E-state index in [1.165, 1.54) is 4.57 Å². The minimum absolute atomic E-state index is 0.180. The molecule has 1 amide bonds. The van der Waals surface area contributed by atoms with E-state index in [0.29, 0.717) is 28.8 Å². The number of carbonyl (C=O) groups is 1. The molecule has 34 heavy (non-hydrogen) atoms. The molecule has 0 unspecified atom stereocenters. The zero-order valence-corrected chi connectivity index (χ0v) is 19.9. The van der Waals surface area contributed by atoms with Gasteiger partial charge in [0.25, 0.3) is 11.5 Å². The maximum Gasteiger partial charge on any atom is 0.266 e. The van der Waals surface area contributed by atoms with E-state index >= 15 is 0 Å². The van der Waals surface area contributed by atoms with Gasteiger partial charge in [-0.25, -0.2) is 4.98 Å². The smallest absolute Gasteiger partial charge is 0.266 e. The van der Waals surface area contributed by atoms with Gasteiger partial charge in [-0.2, -0.15) is 0 Å². The standard InChI is InChI=1S/C26H23N5O2S/c1-15-7-6-10-22(16(15)2)31-25(33)18-12-11-17(13-21(18)29-26(31)34)24(32)30(3)14-23-27-19-8-4-5-9-20(19)28-23/h4-13H,14H2,1-3H3,(H,27,28)(H,29,34). The molecule has 0 atom stereocenters. The second-order valence-corrected chi connectivity index (χ2v) is 8.80. The molecule has 0 aliphatic carbocycles. The Bertz CT molecular complexity index is 1660. The highest BCUT2D eigenvalue weighted by Crippen LogP contribution is 2.19. The van der Waals surface area contributed by atoms with Crippen LogP contribution < -0.4 is 5.56 Å². The molecule has 0 fully saturated rings. The van der Waals surface area contributed by atoms with Crippen LogP contribution in [0.4, 0.5) is 0 Å². The molecule has 8 heteroatoms. The number of nitrogens with one attached hydrogen (secondary N) is 2. The number of hydrogen-bond acceptors (Lipinski definition) is 4. The molecule has 2 aromatic heterocycles. The van der Waals surface area contributed by atoms with Gasteiger partial charge in [0.1, 0.15) is 5.82 Å². The van der Waals surface area contributed by atoms with Crippen molar-refractivity contribution >= 4 is 40.1 Å². The number of hydrogen-bond donors (Lipinski definition) is 2. The Hall–Kier alpha value is -4.04. The average Bonchev–Trinajstić information content (AvgIpc) is 3.23. The lowest BCUT2D eigenvalue weighted by Gasteiger charge is -2.16. The number of aryl methyl sites for hydroxylation is 1. The first-order valence-corrected chi connectivity index (χ1v) is 11.3. The lowest BCUT2D eigenvalue weighted by Crippen LogP contribution is -2.27. The van der Waals surface area contributed by atoms with Gasteiger partial charge in [-0.05, 0) is 73.6 Å². The number of fused-ring (bicyclic) bond motifs is 2. The van der Waals surface area contributed by atoms with E-state index in [4.69, 9.17) is 12.2 Å². The van der Waals surface area contributed by atoms with Crippen LogP contribution in [0.3, 0.4) is 0 Å². The molecule has 170 valence electrons. The van der Waals surface area contributed by atoms with E-state index in [0.717, 1.165) is 27.8 Å². The minimum Gasteiger partial charge on any atom is -0.340 e. The largest absolute Gasteiger partial charge is 0.340 e. The molecule has 0 bridgehead atoms. The van der Waals surface area contributed by atoms with Gasteiger partial charge in [-0.15, -0.1) is 0 Å². The number of imidazole rings is 1. The number of nitrogens with zero attached hydrogens (tertiary/aromatic N) is 3. The highest BCUT2D eigenvalue weighted by Gasteiger charge is 2.17. The lowest BCUT2D eigenvalue weighted by atomic mass is 10.1. The first-order valence-electron chi connectivity index (χ1n) is 10.9. The van der Waals surface area contributed by atoms with Crippen molar-refractivity contribution in [1.82, 2.24) is 24.4 Å². The zero-order valence-electron chi connectivity index (χ0n) is 19.0. The van der Waals surface area contributed by atoms with Crippen molar-refractivity contribution in [2.75, 3.05) is 7.05 Å². The van der Waals surface area contributed by atoms with Crippen LogP contribution in [0.15, 0.2) is 65.5 Å². The third-order valence-corrected chi connectivity index (χ3v) is 6.42. The molecule has 0 aliphatic heterocycles. The van der Waals surface area contributed by atoms with Crippen molar-refractivity contribution in [3.05, 3.63) is 98.3 Å². The van der Waals surface area contributed by atoms with E-state index in [1.807, 2.05) is 56.3 Å². The third kappa shape index (κ3) is 3.72. The Balaban J connectivity index is 1.49. The maximum absolute atomic E-state index is 13.3. The Morgan fingerprint density at radius 3 is 2.62 bits per heavy atom. The lowest BCUT2D eigenvalue weighted by molar-refractivity contribution is 0.0782. The van der Waals surface area contributed by atoms with Gasteiger partial charge >= 0.3 is 0 Å². The van der Waals surface area contributed by atoms with Crippen molar-refractivity contribution in [1.29, 1.82) is 0 Å². The maximum atomic E-state index is 13.3. The van der Waals surface area contributed by atoms with Crippen LogP contribution in [0.25, 0.3) is 27.6 Å². The second kappa shape index (κ2) is 8.39. The summed E-state index contributed by atoms with van der Waals surface area (Å²) in [5.74, 6) is 0.522.